The fourth-order valence-corrected chi connectivity index (χ4v) is 2.25. The number of benzene rings is 1. The summed E-state index contributed by atoms with van der Waals surface area (Å²) in [5.41, 5.74) is 9.58. The van der Waals surface area contributed by atoms with Gasteiger partial charge in [-0.05, 0) is 37.6 Å². The number of ether oxygens (including phenoxy) is 1. The van der Waals surface area contributed by atoms with Crippen molar-refractivity contribution in [3.05, 3.63) is 47.3 Å². The van der Waals surface area contributed by atoms with Crippen LogP contribution in [-0.4, -0.2) is 16.9 Å². The zero-order valence-corrected chi connectivity index (χ0v) is 11.8. The molecule has 1 atom stereocenters. The second-order valence-corrected chi connectivity index (χ2v) is 4.68. The van der Waals surface area contributed by atoms with Crippen LogP contribution in [0.4, 0.5) is 0 Å². The van der Waals surface area contributed by atoms with Crippen molar-refractivity contribution < 1.29 is 4.74 Å². The molecule has 0 radical (unpaired) electrons. The van der Waals surface area contributed by atoms with E-state index in [0.717, 1.165) is 30.0 Å². The fourth-order valence-electron chi connectivity index (χ4n) is 2.25. The number of aromatic nitrogens is 2. The fraction of sp³-hybridized carbons (Fsp3) is 0.400. The summed E-state index contributed by atoms with van der Waals surface area (Å²) in [6, 6.07) is 9.98. The molecular weight excluding hydrogens is 238 g/mol. The molecule has 0 aliphatic heterocycles. The van der Waals surface area contributed by atoms with Gasteiger partial charge in [-0.2, -0.15) is 5.10 Å². The molecule has 0 saturated heterocycles. The molecule has 2 rings (SSSR count). The zero-order chi connectivity index (χ0) is 13.8. The quantitative estimate of drug-likeness (QED) is 0.897. The molecule has 0 spiro atoms. The van der Waals surface area contributed by atoms with Gasteiger partial charge in [-0.15, -0.1) is 0 Å². The van der Waals surface area contributed by atoms with Gasteiger partial charge in [0.05, 0.1) is 12.8 Å². The van der Waals surface area contributed by atoms with E-state index in [2.05, 4.69) is 18.1 Å². The highest BCUT2D eigenvalue weighted by Gasteiger charge is 2.12. The number of aryl methyl sites for hydroxylation is 2. The monoisotopic (exact) mass is 259 g/mol. The molecule has 1 aromatic heterocycles. The Balaban J connectivity index is 2.17. The summed E-state index contributed by atoms with van der Waals surface area (Å²) in [7, 11) is 1.67. The lowest BCUT2D eigenvalue weighted by Gasteiger charge is -2.14. The summed E-state index contributed by atoms with van der Waals surface area (Å²) in [6.45, 7) is 4.97. The standard InChI is InChI=1S/C15H21N3O/c1-4-18-13(8-11(2)17-18)10-15(16)12-6-5-7-14(9-12)19-3/h5-9,15H,4,10,16H2,1-3H3. The molecule has 102 valence electrons. The summed E-state index contributed by atoms with van der Waals surface area (Å²) < 4.78 is 7.24. The van der Waals surface area contributed by atoms with E-state index < -0.39 is 0 Å². The van der Waals surface area contributed by atoms with E-state index in [1.165, 1.54) is 5.69 Å². The van der Waals surface area contributed by atoms with Gasteiger partial charge < -0.3 is 10.5 Å². The summed E-state index contributed by atoms with van der Waals surface area (Å²) in [4.78, 5) is 0. The minimum atomic E-state index is -0.0449. The zero-order valence-electron chi connectivity index (χ0n) is 11.8. The van der Waals surface area contributed by atoms with Crippen molar-refractivity contribution in [3.63, 3.8) is 0 Å². The third-order valence-corrected chi connectivity index (χ3v) is 3.24. The van der Waals surface area contributed by atoms with Crippen molar-refractivity contribution in [2.75, 3.05) is 7.11 Å². The van der Waals surface area contributed by atoms with E-state index >= 15 is 0 Å². The molecule has 1 heterocycles. The van der Waals surface area contributed by atoms with Crippen molar-refractivity contribution in [1.29, 1.82) is 0 Å². The van der Waals surface area contributed by atoms with Crippen molar-refractivity contribution in [2.24, 2.45) is 5.73 Å². The normalized spacial score (nSPS) is 12.4. The van der Waals surface area contributed by atoms with E-state index in [1.807, 2.05) is 35.9 Å². The maximum absolute atomic E-state index is 6.29. The lowest BCUT2D eigenvalue weighted by Crippen LogP contribution is -2.16. The lowest BCUT2D eigenvalue weighted by molar-refractivity contribution is 0.413. The smallest absolute Gasteiger partial charge is 0.119 e. The maximum Gasteiger partial charge on any atom is 0.119 e. The first-order valence-electron chi connectivity index (χ1n) is 6.57. The van der Waals surface area contributed by atoms with Gasteiger partial charge in [0.2, 0.25) is 0 Å². The van der Waals surface area contributed by atoms with Crippen LogP contribution in [0, 0.1) is 6.92 Å². The van der Waals surface area contributed by atoms with Gasteiger partial charge in [0, 0.05) is 24.7 Å². The highest BCUT2D eigenvalue weighted by molar-refractivity contribution is 5.31. The van der Waals surface area contributed by atoms with Crippen molar-refractivity contribution >= 4 is 0 Å². The average Bonchev–Trinajstić information content (AvgIpc) is 2.78. The summed E-state index contributed by atoms with van der Waals surface area (Å²) in [5.74, 6) is 0.841. The first kappa shape index (κ1) is 13.6. The highest BCUT2D eigenvalue weighted by atomic mass is 16.5. The van der Waals surface area contributed by atoms with Crippen LogP contribution in [0.15, 0.2) is 30.3 Å². The lowest BCUT2D eigenvalue weighted by atomic mass is 10.0. The first-order chi connectivity index (χ1) is 9.13. The molecule has 0 fully saturated rings. The van der Waals surface area contributed by atoms with E-state index in [9.17, 15) is 0 Å². The Bertz CT molecular complexity index is 548. The molecule has 1 unspecified atom stereocenters. The maximum atomic E-state index is 6.29. The van der Waals surface area contributed by atoms with E-state index in [4.69, 9.17) is 10.5 Å². The molecular formula is C15H21N3O. The van der Waals surface area contributed by atoms with Gasteiger partial charge in [0.25, 0.3) is 0 Å². The molecule has 4 nitrogen and oxygen atoms in total. The Kier molecular flexibility index (Phi) is 4.22. The Morgan fingerprint density at radius 2 is 2.16 bits per heavy atom. The molecule has 4 heteroatoms. The Morgan fingerprint density at radius 1 is 1.37 bits per heavy atom. The van der Waals surface area contributed by atoms with Gasteiger partial charge >= 0.3 is 0 Å². The first-order valence-corrected chi connectivity index (χ1v) is 6.57. The largest absolute Gasteiger partial charge is 0.497 e. The van der Waals surface area contributed by atoms with Crippen molar-refractivity contribution in [3.8, 4) is 5.75 Å². The van der Waals surface area contributed by atoms with Crippen LogP contribution >= 0.6 is 0 Å². The van der Waals surface area contributed by atoms with E-state index in [-0.39, 0.29) is 6.04 Å². The van der Waals surface area contributed by atoms with Crippen molar-refractivity contribution in [2.45, 2.75) is 32.9 Å². The molecule has 0 bridgehead atoms. The Morgan fingerprint density at radius 3 is 2.84 bits per heavy atom. The number of nitrogens with zero attached hydrogens (tertiary/aromatic N) is 2. The van der Waals surface area contributed by atoms with Crippen LogP contribution in [0.25, 0.3) is 0 Å². The van der Waals surface area contributed by atoms with E-state index in [0.29, 0.717) is 0 Å². The number of rotatable bonds is 5. The minimum absolute atomic E-state index is 0.0449. The molecule has 2 aromatic rings. The Hall–Kier alpha value is -1.81. The number of methoxy groups -OCH3 is 1. The van der Waals surface area contributed by atoms with Crippen LogP contribution in [0.2, 0.25) is 0 Å². The Labute approximate surface area is 114 Å². The second-order valence-electron chi connectivity index (χ2n) is 4.68. The number of hydrogen-bond donors (Lipinski definition) is 1. The van der Waals surface area contributed by atoms with Gasteiger partial charge in [-0.25, -0.2) is 0 Å². The topological polar surface area (TPSA) is 53.1 Å². The highest BCUT2D eigenvalue weighted by Crippen LogP contribution is 2.21. The number of hydrogen-bond acceptors (Lipinski definition) is 3. The summed E-state index contributed by atoms with van der Waals surface area (Å²) in [5, 5.41) is 4.45. The SMILES string of the molecule is CCn1nc(C)cc1CC(N)c1cccc(OC)c1. The van der Waals surface area contributed by atoms with Gasteiger partial charge in [0.1, 0.15) is 5.75 Å². The van der Waals surface area contributed by atoms with Crippen molar-refractivity contribution in [1.82, 2.24) is 9.78 Å². The van der Waals surface area contributed by atoms with Crippen LogP contribution < -0.4 is 10.5 Å². The third kappa shape index (κ3) is 3.15. The summed E-state index contributed by atoms with van der Waals surface area (Å²) in [6.07, 6.45) is 0.780. The third-order valence-electron chi connectivity index (χ3n) is 3.24. The molecule has 19 heavy (non-hydrogen) atoms. The minimum Gasteiger partial charge on any atom is -0.497 e. The van der Waals surface area contributed by atoms with Crippen LogP contribution in [0.1, 0.15) is 29.9 Å². The molecule has 0 saturated carbocycles. The van der Waals surface area contributed by atoms with Crippen LogP contribution in [0.3, 0.4) is 0 Å². The molecule has 1 aromatic carbocycles. The number of nitrogens with two attached hydrogens (primary N) is 1. The predicted molar refractivity (Wildman–Crippen MR) is 76.3 cm³/mol. The van der Waals surface area contributed by atoms with Gasteiger partial charge in [-0.1, -0.05) is 12.1 Å². The van der Waals surface area contributed by atoms with E-state index in [1.54, 1.807) is 7.11 Å². The molecule has 0 aliphatic carbocycles. The molecule has 2 N–H and O–H groups in total. The second kappa shape index (κ2) is 5.89. The van der Waals surface area contributed by atoms with Crippen LogP contribution in [0.5, 0.6) is 5.75 Å². The summed E-state index contributed by atoms with van der Waals surface area (Å²) >= 11 is 0. The van der Waals surface area contributed by atoms with Gasteiger partial charge in [0.15, 0.2) is 0 Å². The van der Waals surface area contributed by atoms with Gasteiger partial charge in [-0.3, -0.25) is 4.68 Å². The van der Waals surface area contributed by atoms with Crippen LogP contribution in [-0.2, 0) is 13.0 Å². The predicted octanol–water partition coefficient (Wildman–Crippen LogP) is 2.46. The average molecular weight is 259 g/mol. The molecule has 0 amide bonds. The molecule has 0 aliphatic rings.